The molecule has 0 aromatic heterocycles. The summed E-state index contributed by atoms with van der Waals surface area (Å²) in [6, 6.07) is 1.73. The Hall–Kier alpha value is -1.69. The molecule has 1 heterocycles. The van der Waals surface area contributed by atoms with Gasteiger partial charge in [0.1, 0.15) is 0 Å². The predicted molar refractivity (Wildman–Crippen MR) is 67.3 cm³/mol. The lowest BCUT2D eigenvalue weighted by Crippen LogP contribution is -2.36. The summed E-state index contributed by atoms with van der Waals surface area (Å²) < 4.78 is 27.0. The van der Waals surface area contributed by atoms with E-state index in [9.17, 15) is 23.5 Å². The number of rotatable bonds is 4. The third kappa shape index (κ3) is 2.60. The summed E-state index contributed by atoms with van der Waals surface area (Å²) in [7, 11) is 0. The Bertz CT molecular complexity index is 552. The number of aliphatic carboxylic acids is 1. The molecule has 20 heavy (non-hydrogen) atoms. The number of carbonyl (C=O) groups is 2. The zero-order valence-electron chi connectivity index (χ0n) is 10.4. The van der Waals surface area contributed by atoms with Gasteiger partial charge < -0.3 is 10.0 Å². The standard InChI is InChI=1S/C13H12ClF2NO3/c14-5-7-4-10(18)17(6-7)12(13(19)20)8-2-1-3-9(15)11(8)16/h1-3,7,12H,4-6H2,(H,19,20). The molecule has 0 saturated carbocycles. The SMILES string of the molecule is O=C(O)C(c1cccc(F)c1F)N1CC(CCl)CC1=O. The summed E-state index contributed by atoms with van der Waals surface area (Å²) in [6.45, 7) is 0.120. The Labute approximate surface area is 118 Å². The van der Waals surface area contributed by atoms with Crippen molar-refractivity contribution >= 4 is 23.5 Å². The van der Waals surface area contributed by atoms with Crippen molar-refractivity contribution in [3.63, 3.8) is 0 Å². The van der Waals surface area contributed by atoms with Crippen molar-refractivity contribution < 1.29 is 23.5 Å². The molecule has 1 aromatic carbocycles. The van der Waals surface area contributed by atoms with Crippen molar-refractivity contribution in [3.05, 3.63) is 35.4 Å². The zero-order valence-corrected chi connectivity index (χ0v) is 11.1. The fourth-order valence-electron chi connectivity index (χ4n) is 2.33. The molecule has 1 N–H and O–H groups in total. The minimum Gasteiger partial charge on any atom is -0.479 e. The number of hydrogen-bond donors (Lipinski definition) is 1. The summed E-state index contributed by atoms with van der Waals surface area (Å²) in [6.07, 6.45) is 0.115. The van der Waals surface area contributed by atoms with Gasteiger partial charge in [-0.3, -0.25) is 4.79 Å². The van der Waals surface area contributed by atoms with E-state index < -0.39 is 29.6 Å². The molecule has 0 bridgehead atoms. The van der Waals surface area contributed by atoms with Gasteiger partial charge in [0.25, 0.3) is 0 Å². The highest BCUT2D eigenvalue weighted by molar-refractivity contribution is 6.18. The summed E-state index contributed by atoms with van der Waals surface area (Å²) in [5.74, 6) is -4.19. The van der Waals surface area contributed by atoms with Crippen LogP contribution in [0.2, 0.25) is 0 Å². The summed E-state index contributed by atoms with van der Waals surface area (Å²) in [5, 5.41) is 9.26. The van der Waals surface area contributed by atoms with Gasteiger partial charge in [-0.2, -0.15) is 0 Å². The van der Waals surface area contributed by atoms with E-state index in [0.717, 1.165) is 11.0 Å². The second-order valence-corrected chi connectivity index (χ2v) is 4.96. The molecule has 0 spiro atoms. The predicted octanol–water partition coefficient (Wildman–Crippen LogP) is 2.18. The second kappa shape index (κ2) is 5.75. The van der Waals surface area contributed by atoms with Crippen LogP contribution in [-0.2, 0) is 9.59 Å². The van der Waals surface area contributed by atoms with Gasteiger partial charge >= 0.3 is 5.97 Å². The van der Waals surface area contributed by atoms with Gasteiger partial charge in [0.05, 0.1) is 0 Å². The van der Waals surface area contributed by atoms with Gasteiger partial charge in [0, 0.05) is 24.4 Å². The molecule has 0 radical (unpaired) electrons. The highest BCUT2D eigenvalue weighted by atomic mass is 35.5. The van der Waals surface area contributed by atoms with E-state index in [1.807, 2.05) is 0 Å². The molecule has 7 heteroatoms. The Morgan fingerprint density at radius 1 is 1.50 bits per heavy atom. The smallest absolute Gasteiger partial charge is 0.331 e. The van der Waals surface area contributed by atoms with E-state index in [0.29, 0.717) is 0 Å². The zero-order chi connectivity index (χ0) is 14.9. The molecular formula is C13H12ClF2NO3. The summed E-state index contributed by atoms with van der Waals surface area (Å²) in [4.78, 5) is 24.3. The van der Waals surface area contributed by atoms with Crippen molar-refractivity contribution in [3.8, 4) is 0 Å². The first-order valence-electron chi connectivity index (χ1n) is 5.97. The lowest BCUT2D eigenvalue weighted by molar-refractivity contribution is -0.148. The Balaban J connectivity index is 2.40. The number of hydrogen-bond acceptors (Lipinski definition) is 2. The summed E-state index contributed by atoms with van der Waals surface area (Å²) in [5.41, 5.74) is -0.360. The first-order chi connectivity index (χ1) is 9.45. The van der Waals surface area contributed by atoms with Gasteiger partial charge in [0.15, 0.2) is 17.7 Å². The van der Waals surface area contributed by atoms with E-state index in [1.165, 1.54) is 12.1 Å². The van der Waals surface area contributed by atoms with E-state index >= 15 is 0 Å². The molecule has 108 valence electrons. The maximum absolute atomic E-state index is 13.8. The number of carboxylic acids is 1. The maximum atomic E-state index is 13.8. The van der Waals surface area contributed by atoms with Crippen LogP contribution in [0.4, 0.5) is 8.78 Å². The summed E-state index contributed by atoms with van der Waals surface area (Å²) >= 11 is 5.66. The van der Waals surface area contributed by atoms with Crippen LogP contribution in [0, 0.1) is 17.6 Å². The minimum atomic E-state index is -1.54. The van der Waals surface area contributed by atoms with E-state index in [2.05, 4.69) is 0 Å². The van der Waals surface area contributed by atoms with E-state index in [-0.39, 0.29) is 30.3 Å². The van der Waals surface area contributed by atoms with Crippen LogP contribution in [0.1, 0.15) is 18.0 Å². The lowest BCUT2D eigenvalue weighted by Gasteiger charge is -2.25. The maximum Gasteiger partial charge on any atom is 0.331 e. The largest absolute Gasteiger partial charge is 0.479 e. The second-order valence-electron chi connectivity index (χ2n) is 4.65. The first-order valence-corrected chi connectivity index (χ1v) is 6.51. The number of benzene rings is 1. The first kappa shape index (κ1) is 14.7. The Kier molecular flexibility index (Phi) is 4.23. The third-order valence-electron chi connectivity index (χ3n) is 3.28. The van der Waals surface area contributed by atoms with Gasteiger partial charge in [-0.15, -0.1) is 11.6 Å². The molecule has 2 atom stereocenters. The van der Waals surface area contributed by atoms with Crippen molar-refractivity contribution in [1.29, 1.82) is 0 Å². The van der Waals surface area contributed by atoms with Crippen LogP contribution < -0.4 is 0 Å². The molecule has 2 unspecified atom stereocenters. The highest BCUT2D eigenvalue weighted by Gasteiger charge is 2.39. The number of halogens is 3. The van der Waals surface area contributed by atoms with Crippen LogP contribution in [0.15, 0.2) is 18.2 Å². The van der Waals surface area contributed by atoms with Crippen molar-refractivity contribution in [2.45, 2.75) is 12.5 Å². The fourth-order valence-corrected chi connectivity index (χ4v) is 2.53. The molecule has 2 rings (SSSR count). The number of alkyl halides is 1. The monoisotopic (exact) mass is 303 g/mol. The molecule has 1 fully saturated rings. The van der Waals surface area contributed by atoms with Gasteiger partial charge in [0.2, 0.25) is 5.91 Å². The number of nitrogens with zero attached hydrogens (tertiary/aromatic N) is 1. The van der Waals surface area contributed by atoms with Crippen LogP contribution in [0.5, 0.6) is 0 Å². The molecule has 4 nitrogen and oxygen atoms in total. The van der Waals surface area contributed by atoms with Gasteiger partial charge in [-0.25, -0.2) is 13.6 Å². The quantitative estimate of drug-likeness (QED) is 0.867. The fraction of sp³-hybridized carbons (Fsp3) is 0.385. The van der Waals surface area contributed by atoms with Gasteiger partial charge in [-0.1, -0.05) is 12.1 Å². The van der Waals surface area contributed by atoms with Crippen molar-refractivity contribution in [1.82, 2.24) is 4.90 Å². The van der Waals surface area contributed by atoms with E-state index in [1.54, 1.807) is 0 Å². The van der Waals surface area contributed by atoms with Crippen LogP contribution in [0.3, 0.4) is 0 Å². The average molecular weight is 304 g/mol. The number of amides is 1. The topological polar surface area (TPSA) is 57.6 Å². The van der Waals surface area contributed by atoms with Crippen LogP contribution >= 0.6 is 11.6 Å². The normalized spacial score (nSPS) is 20.2. The molecular weight excluding hydrogens is 292 g/mol. The van der Waals surface area contributed by atoms with Crippen molar-refractivity contribution in [2.24, 2.45) is 5.92 Å². The number of likely N-dealkylation sites (tertiary alicyclic amines) is 1. The van der Waals surface area contributed by atoms with E-state index in [4.69, 9.17) is 11.6 Å². The molecule has 1 aliphatic heterocycles. The highest BCUT2D eigenvalue weighted by Crippen LogP contribution is 2.31. The molecule has 1 aromatic rings. The minimum absolute atomic E-state index is 0.115. The molecule has 0 aliphatic carbocycles. The van der Waals surface area contributed by atoms with Crippen LogP contribution in [0.25, 0.3) is 0 Å². The molecule has 1 saturated heterocycles. The Morgan fingerprint density at radius 2 is 2.20 bits per heavy atom. The molecule has 1 amide bonds. The van der Waals surface area contributed by atoms with Crippen molar-refractivity contribution in [2.75, 3.05) is 12.4 Å². The number of carbonyl (C=O) groups excluding carboxylic acids is 1. The average Bonchev–Trinajstić information content (AvgIpc) is 2.76. The van der Waals surface area contributed by atoms with Crippen LogP contribution in [-0.4, -0.2) is 34.3 Å². The molecule has 1 aliphatic rings. The lowest BCUT2D eigenvalue weighted by atomic mass is 10.0. The third-order valence-corrected chi connectivity index (χ3v) is 3.71. The Morgan fingerprint density at radius 3 is 2.75 bits per heavy atom. The van der Waals surface area contributed by atoms with Gasteiger partial charge in [-0.05, 0) is 12.0 Å². The number of carboxylic acid groups (broad SMARTS) is 1.